The molecule has 0 aliphatic carbocycles. The van der Waals surface area contributed by atoms with E-state index in [1.54, 1.807) is 0 Å². The second kappa shape index (κ2) is 12.6. The van der Waals surface area contributed by atoms with E-state index in [-0.39, 0.29) is 6.61 Å². The molecule has 0 spiro atoms. The number of nitrogens with zero attached hydrogens (tertiary/aromatic N) is 2. The molecule has 0 aromatic heterocycles. The maximum atomic E-state index is 10.3. The van der Waals surface area contributed by atoms with Crippen molar-refractivity contribution in [2.24, 2.45) is 10.9 Å². The molecule has 0 radical (unpaired) electrons. The third-order valence-corrected chi connectivity index (χ3v) is 6.27. The van der Waals surface area contributed by atoms with Gasteiger partial charge in [0.25, 0.3) is 0 Å². The third kappa shape index (κ3) is 7.67. The topological polar surface area (TPSA) is 57.1 Å². The van der Waals surface area contributed by atoms with E-state index in [4.69, 9.17) is 4.74 Å². The first-order chi connectivity index (χ1) is 14.7. The number of aliphatic imine (C=N–C) groups is 1. The number of likely N-dealkylation sites (tertiary alicyclic amines) is 1. The molecule has 0 saturated carbocycles. The molecule has 2 aromatic rings. The van der Waals surface area contributed by atoms with Crippen LogP contribution in [0.5, 0.6) is 0 Å². The largest absolute Gasteiger partial charge is 0.389 e. The van der Waals surface area contributed by atoms with E-state index in [0.29, 0.717) is 19.1 Å². The SMILES string of the molecule is CCNC(=NCC(O)COCc1ccccc1)N1CCC(CSc2ccccc2)C1. The summed E-state index contributed by atoms with van der Waals surface area (Å²) in [5, 5.41) is 13.6. The van der Waals surface area contributed by atoms with Crippen molar-refractivity contribution in [3.63, 3.8) is 0 Å². The standard InChI is InChI=1S/C24H33N3O2S/c1-2-25-24(26-15-22(28)18-29-17-20-9-5-3-6-10-20)27-14-13-21(16-27)19-30-23-11-7-4-8-12-23/h3-12,21-22,28H,2,13-19H2,1H3,(H,25,26). The predicted octanol–water partition coefficient (Wildman–Crippen LogP) is 3.64. The summed E-state index contributed by atoms with van der Waals surface area (Å²) in [6, 6.07) is 20.6. The van der Waals surface area contributed by atoms with Gasteiger partial charge in [-0.1, -0.05) is 48.5 Å². The molecule has 0 bridgehead atoms. The molecule has 1 aliphatic heterocycles. The molecule has 162 valence electrons. The summed E-state index contributed by atoms with van der Waals surface area (Å²) in [6.07, 6.45) is 0.571. The van der Waals surface area contributed by atoms with Crippen LogP contribution >= 0.6 is 11.8 Å². The number of guanidine groups is 1. The number of thioether (sulfide) groups is 1. The van der Waals surface area contributed by atoms with Crippen molar-refractivity contribution in [2.75, 3.05) is 38.5 Å². The Morgan fingerprint density at radius 3 is 2.67 bits per heavy atom. The van der Waals surface area contributed by atoms with Gasteiger partial charge in [0, 0.05) is 30.3 Å². The summed E-state index contributed by atoms with van der Waals surface area (Å²) in [5.41, 5.74) is 1.11. The van der Waals surface area contributed by atoms with Crippen molar-refractivity contribution in [3.05, 3.63) is 66.2 Å². The normalized spacial score (nSPS) is 17.9. The number of hydrogen-bond acceptors (Lipinski definition) is 4. The molecule has 1 fully saturated rings. The Morgan fingerprint density at radius 2 is 1.93 bits per heavy atom. The quantitative estimate of drug-likeness (QED) is 0.344. The molecule has 2 N–H and O–H groups in total. The van der Waals surface area contributed by atoms with Crippen LogP contribution in [0.3, 0.4) is 0 Å². The highest BCUT2D eigenvalue weighted by Gasteiger charge is 2.25. The summed E-state index contributed by atoms with van der Waals surface area (Å²) in [6.45, 7) is 6.05. The van der Waals surface area contributed by atoms with Gasteiger partial charge in [-0.25, -0.2) is 0 Å². The number of nitrogens with one attached hydrogen (secondary N) is 1. The van der Waals surface area contributed by atoms with Crippen LogP contribution in [0.15, 0.2) is 70.6 Å². The number of hydrogen-bond donors (Lipinski definition) is 2. The fourth-order valence-corrected chi connectivity index (χ4v) is 4.50. The van der Waals surface area contributed by atoms with Gasteiger partial charge >= 0.3 is 0 Å². The first-order valence-electron chi connectivity index (χ1n) is 10.8. The molecule has 1 saturated heterocycles. The highest BCUT2D eigenvalue weighted by Crippen LogP contribution is 2.25. The van der Waals surface area contributed by atoms with Gasteiger partial charge in [0.1, 0.15) is 0 Å². The van der Waals surface area contributed by atoms with Crippen LogP contribution in [0.25, 0.3) is 0 Å². The highest BCUT2D eigenvalue weighted by molar-refractivity contribution is 7.99. The van der Waals surface area contributed by atoms with Gasteiger partial charge in [0.2, 0.25) is 0 Å². The fraction of sp³-hybridized carbons (Fsp3) is 0.458. The van der Waals surface area contributed by atoms with Gasteiger partial charge in [-0.15, -0.1) is 11.8 Å². The zero-order valence-corrected chi connectivity index (χ0v) is 18.6. The molecule has 5 nitrogen and oxygen atoms in total. The Morgan fingerprint density at radius 1 is 1.20 bits per heavy atom. The highest BCUT2D eigenvalue weighted by atomic mass is 32.2. The molecule has 3 rings (SSSR count). The van der Waals surface area contributed by atoms with Crippen LogP contribution in [-0.2, 0) is 11.3 Å². The second-order valence-corrected chi connectivity index (χ2v) is 8.67. The van der Waals surface area contributed by atoms with Crippen molar-refractivity contribution in [2.45, 2.75) is 31.0 Å². The Kier molecular flexibility index (Phi) is 9.54. The summed E-state index contributed by atoms with van der Waals surface area (Å²) < 4.78 is 5.63. The van der Waals surface area contributed by atoms with Gasteiger partial charge in [-0.2, -0.15) is 0 Å². The van der Waals surface area contributed by atoms with E-state index in [2.05, 4.69) is 52.5 Å². The Balaban J connectivity index is 1.42. The number of ether oxygens (including phenoxy) is 1. The molecule has 6 heteroatoms. The van der Waals surface area contributed by atoms with Crippen molar-refractivity contribution in [1.82, 2.24) is 10.2 Å². The van der Waals surface area contributed by atoms with E-state index in [1.807, 2.05) is 42.1 Å². The predicted molar refractivity (Wildman–Crippen MR) is 125 cm³/mol. The van der Waals surface area contributed by atoms with E-state index >= 15 is 0 Å². The minimum absolute atomic E-state index is 0.286. The van der Waals surface area contributed by atoms with Gasteiger partial charge in [-0.3, -0.25) is 4.99 Å². The molecule has 2 atom stereocenters. The van der Waals surface area contributed by atoms with Gasteiger partial charge in [0.05, 0.1) is 25.9 Å². The number of benzene rings is 2. The minimum Gasteiger partial charge on any atom is -0.389 e. The van der Waals surface area contributed by atoms with Crippen LogP contribution < -0.4 is 5.32 Å². The van der Waals surface area contributed by atoms with Crippen LogP contribution in [-0.4, -0.2) is 60.6 Å². The maximum Gasteiger partial charge on any atom is 0.194 e. The Hall–Kier alpha value is -2.02. The first kappa shape index (κ1) is 22.7. The first-order valence-corrected chi connectivity index (χ1v) is 11.7. The summed E-state index contributed by atoms with van der Waals surface area (Å²) in [4.78, 5) is 8.31. The maximum absolute atomic E-state index is 10.3. The number of rotatable bonds is 10. The monoisotopic (exact) mass is 427 g/mol. The summed E-state index contributed by atoms with van der Waals surface area (Å²) >= 11 is 1.93. The summed E-state index contributed by atoms with van der Waals surface area (Å²) in [7, 11) is 0. The van der Waals surface area contributed by atoms with Crippen LogP contribution in [0.2, 0.25) is 0 Å². The third-order valence-electron chi connectivity index (χ3n) is 5.02. The van der Waals surface area contributed by atoms with E-state index in [9.17, 15) is 5.11 Å². The number of aliphatic hydroxyl groups excluding tert-OH is 1. The van der Waals surface area contributed by atoms with Crippen molar-refractivity contribution >= 4 is 17.7 Å². The molecule has 2 aromatic carbocycles. The van der Waals surface area contributed by atoms with Crippen molar-refractivity contribution in [3.8, 4) is 0 Å². The average molecular weight is 428 g/mol. The van der Waals surface area contributed by atoms with Crippen molar-refractivity contribution in [1.29, 1.82) is 0 Å². The molecule has 0 amide bonds. The van der Waals surface area contributed by atoms with Gasteiger partial charge < -0.3 is 20.1 Å². The average Bonchev–Trinajstić information content (AvgIpc) is 3.25. The van der Waals surface area contributed by atoms with E-state index < -0.39 is 6.10 Å². The van der Waals surface area contributed by atoms with Crippen LogP contribution in [0.1, 0.15) is 18.9 Å². The second-order valence-electron chi connectivity index (χ2n) is 7.57. The number of aliphatic hydroxyl groups is 1. The van der Waals surface area contributed by atoms with Crippen LogP contribution in [0, 0.1) is 5.92 Å². The van der Waals surface area contributed by atoms with E-state index in [0.717, 1.165) is 36.9 Å². The zero-order chi connectivity index (χ0) is 21.0. The molecule has 2 unspecified atom stereocenters. The molecular formula is C24H33N3O2S. The zero-order valence-electron chi connectivity index (χ0n) is 17.7. The van der Waals surface area contributed by atoms with Crippen LogP contribution in [0.4, 0.5) is 0 Å². The van der Waals surface area contributed by atoms with Crippen molar-refractivity contribution < 1.29 is 9.84 Å². The Labute approximate surface area is 184 Å². The lowest BCUT2D eigenvalue weighted by Crippen LogP contribution is -2.41. The smallest absolute Gasteiger partial charge is 0.194 e. The fourth-order valence-electron chi connectivity index (χ4n) is 3.45. The molecule has 30 heavy (non-hydrogen) atoms. The van der Waals surface area contributed by atoms with Gasteiger partial charge in [0.15, 0.2) is 5.96 Å². The lowest BCUT2D eigenvalue weighted by molar-refractivity contribution is 0.0330. The summed E-state index contributed by atoms with van der Waals surface area (Å²) in [5.74, 6) is 2.67. The lowest BCUT2D eigenvalue weighted by atomic mass is 10.2. The van der Waals surface area contributed by atoms with E-state index in [1.165, 1.54) is 11.3 Å². The Bertz CT molecular complexity index is 758. The lowest BCUT2D eigenvalue weighted by Gasteiger charge is -2.22. The minimum atomic E-state index is -0.602. The van der Waals surface area contributed by atoms with Gasteiger partial charge in [-0.05, 0) is 37.0 Å². The molecule has 1 aliphatic rings. The molecule has 1 heterocycles. The molecular weight excluding hydrogens is 394 g/mol.